The Morgan fingerprint density at radius 1 is 1.38 bits per heavy atom. The molecule has 1 aromatic carbocycles. The van der Waals surface area contributed by atoms with E-state index in [2.05, 4.69) is 5.10 Å². The number of aryl methyl sites for hydroxylation is 2. The summed E-state index contributed by atoms with van der Waals surface area (Å²) in [5.74, 6) is 0.556. The molecule has 0 aliphatic rings. The first-order chi connectivity index (χ1) is 9.99. The van der Waals surface area contributed by atoms with Crippen molar-refractivity contribution in [3.63, 3.8) is 0 Å². The fourth-order valence-electron chi connectivity index (χ4n) is 2.19. The molecule has 2 N–H and O–H groups in total. The number of ether oxygens (including phenoxy) is 1. The van der Waals surface area contributed by atoms with Crippen LogP contribution in [-0.2, 0) is 13.5 Å². The highest BCUT2D eigenvalue weighted by Crippen LogP contribution is 2.23. The monoisotopic (exact) mass is 288 g/mol. The first-order valence-electron chi connectivity index (χ1n) is 6.73. The van der Waals surface area contributed by atoms with Crippen LogP contribution in [0, 0.1) is 0 Å². The molecule has 0 aliphatic carbocycles. The van der Waals surface area contributed by atoms with Crippen LogP contribution in [0.25, 0.3) is 0 Å². The predicted molar refractivity (Wildman–Crippen MR) is 82.7 cm³/mol. The summed E-state index contributed by atoms with van der Waals surface area (Å²) in [5.41, 5.74) is 8.39. The van der Waals surface area contributed by atoms with Crippen molar-refractivity contribution in [3.8, 4) is 5.75 Å². The highest BCUT2D eigenvalue weighted by molar-refractivity contribution is 6.08. The van der Waals surface area contributed by atoms with Gasteiger partial charge < -0.3 is 15.4 Å². The van der Waals surface area contributed by atoms with E-state index >= 15 is 0 Å². The van der Waals surface area contributed by atoms with Gasteiger partial charge in [0.1, 0.15) is 11.4 Å². The molecule has 2 aromatic rings. The minimum atomic E-state index is -0.188. The van der Waals surface area contributed by atoms with E-state index in [-0.39, 0.29) is 5.91 Å². The topological polar surface area (TPSA) is 73.4 Å². The van der Waals surface area contributed by atoms with Gasteiger partial charge in [0.25, 0.3) is 5.91 Å². The van der Waals surface area contributed by atoms with Crippen molar-refractivity contribution in [2.45, 2.75) is 13.3 Å². The lowest BCUT2D eigenvalue weighted by molar-refractivity contribution is 0.0985. The fourth-order valence-corrected chi connectivity index (χ4v) is 2.19. The number of anilines is 2. The van der Waals surface area contributed by atoms with Crippen molar-refractivity contribution in [3.05, 3.63) is 35.7 Å². The number of nitrogen functional groups attached to an aromatic ring is 1. The molecule has 0 bridgehead atoms. The number of benzene rings is 1. The molecule has 0 spiro atoms. The highest BCUT2D eigenvalue weighted by Gasteiger charge is 2.23. The predicted octanol–water partition coefficient (Wildman–Crippen LogP) is 1.85. The second kappa shape index (κ2) is 5.87. The lowest BCUT2D eigenvalue weighted by Crippen LogP contribution is -2.28. The van der Waals surface area contributed by atoms with E-state index in [1.54, 1.807) is 26.1 Å². The normalized spacial score (nSPS) is 10.5. The van der Waals surface area contributed by atoms with E-state index < -0.39 is 0 Å². The SMILES string of the molecule is CCc1nn(C)c(C(=O)N(C)c2ccc(OC)cc2)c1N. The molecule has 6 heteroatoms. The van der Waals surface area contributed by atoms with Crippen LogP contribution < -0.4 is 15.4 Å². The van der Waals surface area contributed by atoms with Gasteiger partial charge in [-0.05, 0) is 30.7 Å². The van der Waals surface area contributed by atoms with Crippen LogP contribution in [-0.4, -0.2) is 29.8 Å². The summed E-state index contributed by atoms with van der Waals surface area (Å²) in [7, 11) is 5.04. The molecule has 0 radical (unpaired) electrons. The Hall–Kier alpha value is -2.50. The summed E-state index contributed by atoms with van der Waals surface area (Å²) in [5, 5.41) is 4.28. The van der Waals surface area contributed by atoms with Crippen molar-refractivity contribution >= 4 is 17.3 Å². The van der Waals surface area contributed by atoms with Gasteiger partial charge >= 0.3 is 0 Å². The molecule has 1 aromatic heterocycles. The first-order valence-corrected chi connectivity index (χ1v) is 6.73. The van der Waals surface area contributed by atoms with Crippen LogP contribution in [0.4, 0.5) is 11.4 Å². The second-order valence-electron chi connectivity index (χ2n) is 4.75. The van der Waals surface area contributed by atoms with Gasteiger partial charge in [0.2, 0.25) is 0 Å². The maximum absolute atomic E-state index is 12.6. The fraction of sp³-hybridized carbons (Fsp3) is 0.333. The number of aromatic nitrogens is 2. The van der Waals surface area contributed by atoms with Gasteiger partial charge in [-0.2, -0.15) is 5.10 Å². The zero-order valence-electron chi connectivity index (χ0n) is 12.8. The standard InChI is InChI=1S/C15H20N4O2/c1-5-12-13(16)14(19(3)17-12)15(20)18(2)10-6-8-11(21-4)9-7-10/h6-9H,5,16H2,1-4H3. The van der Waals surface area contributed by atoms with Crippen LogP contribution in [0.15, 0.2) is 24.3 Å². The number of methoxy groups -OCH3 is 1. The average Bonchev–Trinajstić information content (AvgIpc) is 2.80. The van der Waals surface area contributed by atoms with Gasteiger partial charge in [-0.1, -0.05) is 6.92 Å². The van der Waals surface area contributed by atoms with Gasteiger partial charge in [0.15, 0.2) is 0 Å². The second-order valence-corrected chi connectivity index (χ2v) is 4.75. The number of carbonyl (C=O) groups is 1. The van der Waals surface area contributed by atoms with E-state index in [0.29, 0.717) is 17.8 Å². The molecule has 6 nitrogen and oxygen atoms in total. The molecule has 21 heavy (non-hydrogen) atoms. The van der Waals surface area contributed by atoms with E-state index in [1.807, 2.05) is 31.2 Å². The van der Waals surface area contributed by atoms with Crippen molar-refractivity contribution in [1.82, 2.24) is 9.78 Å². The molecule has 0 unspecified atom stereocenters. The van der Waals surface area contributed by atoms with Gasteiger partial charge in [-0.3, -0.25) is 9.48 Å². The summed E-state index contributed by atoms with van der Waals surface area (Å²) in [4.78, 5) is 14.2. The Bertz CT molecular complexity index is 646. The van der Waals surface area contributed by atoms with Crippen molar-refractivity contribution < 1.29 is 9.53 Å². The molecule has 0 saturated carbocycles. The third kappa shape index (κ3) is 2.69. The minimum absolute atomic E-state index is 0.188. The number of amides is 1. The summed E-state index contributed by atoms with van der Waals surface area (Å²) in [6.07, 6.45) is 0.694. The lowest BCUT2D eigenvalue weighted by Gasteiger charge is -2.18. The number of carbonyl (C=O) groups excluding carboxylic acids is 1. The summed E-state index contributed by atoms with van der Waals surface area (Å²) < 4.78 is 6.65. The van der Waals surface area contributed by atoms with E-state index in [1.165, 1.54) is 4.68 Å². The van der Waals surface area contributed by atoms with Crippen LogP contribution in [0.2, 0.25) is 0 Å². The molecule has 0 fully saturated rings. The Labute approximate surface area is 124 Å². The van der Waals surface area contributed by atoms with Crippen LogP contribution in [0.3, 0.4) is 0 Å². The molecule has 0 saturated heterocycles. The molecule has 2 rings (SSSR count). The third-order valence-electron chi connectivity index (χ3n) is 3.46. The van der Waals surface area contributed by atoms with Crippen LogP contribution in [0.5, 0.6) is 5.75 Å². The molecule has 0 aliphatic heterocycles. The van der Waals surface area contributed by atoms with Crippen molar-refractivity contribution in [2.75, 3.05) is 24.8 Å². The van der Waals surface area contributed by atoms with Crippen LogP contribution >= 0.6 is 0 Å². The number of nitrogens with two attached hydrogens (primary N) is 1. The van der Waals surface area contributed by atoms with E-state index in [9.17, 15) is 4.79 Å². The quantitative estimate of drug-likeness (QED) is 0.931. The van der Waals surface area contributed by atoms with E-state index in [4.69, 9.17) is 10.5 Å². The Morgan fingerprint density at radius 2 is 2.00 bits per heavy atom. The number of hydrogen-bond acceptors (Lipinski definition) is 4. The minimum Gasteiger partial charge on any atom is -0.497 e. The number of nitrogens with zero attached hydrogens (tertiary/aromatic N) is 3. The lowest BCUT2D eigenvalue weighted by atomic mass is 10.2. The zero-order valence-corrected chi connectivity index (χ0v) is 12.8. The van der Waals surface area contributed by atoms with Gasteiger partial charge in [-0.25, -0.2) is 0 Å². The smallest absolute Gasteiger partial charge is 0.278 e. The highest BCUT2D eigenvalue weighted by atomic mass is 16.5. The molecular formula is C15H20N4O2. The molecule has 1 amide bonds. The maximum Gasteiger partial charge on any atom is 0.278 e. The first kappa shape index (κ1) is 14.9. The van der Waals surface area contributed by atoms with E-state index in [0.717, 1.165) is 17.1 Å². The van der Waals surface area contributed by atoms with Crippen molar-refractivity contribution in [1.29, 1.82) is 0 Å². The summed E-state index contributed by atoms with van der Waals surface area (Å²) in [6, 6.07) is 7.26. The average molecular weight is 288 g/mol. The summed E-state index contributed by atoms with van der Waals surface area (Å²) >= 11 is 0. The van der Waals surface area contributed by atoms with Crippen molar-refractivity contribution in [2.24, 2.45) is 7.05 Å². The summed E-state index contributed by atoms with van der Waals surface area (Å²) in [6.45, 7) is 1.96. The maximum atomic E-state index is 12.6. The Morgan fingerprint density at radius 3 is 2.48 bits per heavy atom. The van der Waals surface area contributed by atoms with Crippen LogP contribution in [0.1, 0.15) is 23.1 Å². The Balaban J connectivity index is 2.32. The van der Waals surface area contributed by atoms with Gasteiger partial charge in [0, 0.05) is 19.8 Å². The Kier molecular flexibility index (Phi) is 4.16. The number of rotatable bonds is 4. The van der Waals surface area contributed by atoms with Gasteiger partial charge in [0.05, 0.1) is 18.5 Å². The molecular weight excluding hydrogens is 268 g/mol. The molecule has 112 valence electrons. The largest absolute Gasteiger partial charge is 0.497 e. The van der Waals surface area contributed by atoms with Gasteiger partial charge in [-0.15, -0.1) is 0 Å². The third-order valence-corrected chi connectivity index (χ3v) is 3.46. The zero-order chi connectivity index (χ0) is 15.6. The molecule has 1 heterocycles. The molecule has 0 atom stereocenters. The number of hydrogen-bond donors (Lipinski definition) is 1.